The minimum Gasteiger partial charge on any atom is -0.332 e. The zero-order chi connectivity index (χ0) is 18.8. The van der Waals surface area contributed by atoms with Gasteiger partial charge in [0.15, 0.2) is 5.11 Å². The molecule has 1 heterocycles. The molecule has 3 aromatic rings. The summed E-state index contributed by atoms with van der Waals surface area (Å²) in [6.45, 7) is 5.94. The fourth-order valence-electron chi connectivity index (χ4n) is 2.85. The Bertz CT molecular complexity index is 1020. The fourth-order valence-corrected chi connectivity index (χ4v) is 3.06. The molecule has 3 rings (SSSR count). The zero-order valence-corrected chi connectivity index (χ0v) is 16.1. The largest absolute Gasteiger partial charge is 0.332 e. The number of hydrogen-bond donors (Lipinski definition) is 2. The first kappa shape index (κ1) is 17.9. The van der Waals surface area contributed by atoms with Crippen LogP contribution in [0, 0.1) is 20.8 Å². The molecule has 0 fully saturated rings. The van der Waals surface area contributed by atoms with E-state index in [1.165, 1.54) is 0 Å². The Balaban J connectivity index is 1.90. The van der Waals surface area contributed by atoms with Crippen molar-refractivity contribution in [3.8, 4) is 5.69 Å². The lowest BCUT2D eigenvalue weighted by molar-refractivity contribution is 0.630. The number of benzene rings is 2. The molecule has 6 heteroatoms. The summed E-state index contributed by atoms with van der Waals surface area (Å²) < 4.78 is 3.44. The Labute approximate surface area is 158 Å². The van der Waals surface area contributed by atoms with Crippen LogP contribution in [0.4, 0.5) is 11.4 Å². The molecule has 0 spiro atoms. The number of aryl methyl sites for hydroxylation is 2. The van der Waals surface area contributed by atoms with E-state index < -0.39 is 0 Å². The molecule has 0 aliphatic heterocycles. The number of nitrogens with zero attached hydrogens (tertiary/aromatic N) is 2. The lowest BCUT2D eigenvalue weighted by Gasteiger charge is -2.12. The molecule has 0 amide bonds. The average molecular weight is 366 g/mol. The number of hydrogen-bond acceptors (Lipinski definition) is 2. The van der Waals surface area contributed by atoms with Gasteiger partial charge in [-0.2, -0.15) is 0 Å². The summed E-state index contributed by atoms with van der Waals surface area (Å²) in [6.07, 6.45) is 0. The van der Waals surface area contributed by atoms with E-state index in [0.29, 0.717) is 10.8 Å². The van der Waals surface area contributed by atoms with Crippen molar-refractivity contribution in [1.29, 1.82) is 0 Å². The highest BCUT2D eigenvalue weighted by Gasteiger charge is 2.17. The van der Waals surface area contributed by atoms with Crippen LogP contribution < -0.4 is 16.2 Å². The van der Waals surface area contributed by atoms with Crippen molar-refractivity contribution in [2.24, 2.45) is 7.05 Å². The van der Waals surface area contributed by atoms with Crippen molar-refractivity contribution in [2.45, 2.75) is 20.8 Å². The Morgan fingerprint density at radius 2 is 1.69 bits per heavy atom. The van der Waals surface area contributed by atoms with Gasteiger partial charge in [-0.3, -0.25) is 9.48 Å². The lowest BCUT2D eigenvalue weighted by atomic mass is 10.1. The van der Waals surface area contributed by atoms with Gasteiger partial charge in [0.1, 0.15) is 5.69 Å². The summed E-state index contributed by atoms with van der Waals surface area (Å²) in [5, 5.41) is 6.65. The van der Waals surface area contributed by atoms with Gasteiger partial charge in [0.25, 0.3) is 5.56 Å². The van der Waals surface area contributed by atoms with Gasteiger partial charge in [0, 0.05) is 12.7 Å². The number of thiocarbonyl (C=S) groups is 1. The molecule has 0 aliphatic rings. The second kappa shape index (κ2) is 7.17. The zero-order valence-electron chi connectivity index (χ0n) is 15.3. The van der Waals surface area contributed by atoms with Gasteiger partial charge in [0.2, 0.25) is 0 Å². The number of para-hydroxylation sites is 1. The molecule has 0 atom stereocenters. The van der Waals surface area contributed by atoms with Crippen LogP contribution in [0.2, 0.25) is 0 Å². The highest BCUT2D eigenvalue weighted by Crippen LogP contribution is 2.18. The van der Waals surface area contributed by atoms with E-state index in [-0.39, 0.29) is 5.56 Å². The third-order valence-electron chi connectivity index (χ3n) is 4.43. The summed E-state index contributed by atoms with van der Waals surface area (Å²) in [4.78, 5) is 12.9. The van der Waals surface area contributed by atoms with Crippen LogP contribution in [-0.2, 0) is 7.05 Å². The third kappa shape index (κ3) is 3.41. The first-order valence-corrected chi connectivity index (χ1v) is 8.78. The highest BCUT2D eigenvalue weighted by atomic mass is 32.1. The third-order valence-corrected chi connectivity index (χ3v) is 4.64. The second-order valence-corrected chi connectivity index (χ2v) is 6.74. The van der Waals surface area contributed by atoms with Crippen LogP contribution in [-0.4, -0.2) is 14.5 Å². The molecule has 134 valence electrons. The Kier molecular flexibility index (Phi) is 4.95. The molecule has 0 saturated carbocycles. The maximum absolute atomic E-state index is 12.9. The maximum Gasteiger partial charge on any atom is 0.295 e. The van der Waals surface area contributed by atoms with Gasteiger partial charge >= 0.3 is 0 Å². The molecule has 0 unspecified atom stereocenters. The number of anilines is 2. The van der Waals surface area contributed by atoms with Gasteiger partial charge in [-0.25, -0.2) is 4.68 Å². The molecule has 2 aromatic carbocycles. The summed E-state index contributed by atoms with van der Waals surface area (Å²) in [7, 11) is 1.86. The minimum atomic E-state index is -0.138. The fraction of sp³-hybridized carbons (Fsp3) is 0.200. The number of rotatable bonds is 3. The molecular weight excluding hydrogens is 344 g/mol. The molecule has 0 bridgehead atoms. The highest BCUT2D eigenvalue weighted by molar-refractivity contribution is 7.80. The monoisotopic (exact) mass is 366 g/mol. The predicted octanol–water partition coefficient (Wildman–Crippen LogP) is 3.91. The number of aromatic nitrogens is 2. The van der Waals surface area contributed by atoms with Gasteiger partial charge in [-0.15, -0.1) is 0 Å². The van der Waals surface area contributed by atoms with Gasteiger partial charge in [-0.05, 0) is 62.3 Å². The van der Waals surface area contributed by atoms with E-state index >= 15 is 0 Å². The molecule has 0 radical (unpaired) electrons. The summed E-state index contributed by atoms with van der Waals surface area (Å²) in [5.74, 6) is 0. The Hall–Kier alpha value is -2.86. The van der Waals surface area contributed by atoms with Gasteiger partial charge in [-0.1, -0.05) is 30.3 Å². The number of nitrogens with one attached hydrogen (secondary N) is 2. The molecule has 2 N–H and O–H groups in total. The Morgan fingerprint density at radius 3 is 2.38 bits per heavy atom. The Morgan fingerprint density at radius 1 is 1.00 bits per heavy atom. The van der Waals surface area contributed by atoms with Crippen LogP contribution in [0.3, 0.4) is 0 Å². The first-order valence-electron chi connectivity index (χ1n) is 8.37. The quantitative estimate of drug-likeness (QED) is 0.690. The van der Waals surface area contributed by atoms with Crippen LogP contribution in [0.1, 0.15) is 16.8 Å². The first-order chi connectivity index (χ1) is 12.4. The second-order valence-electron chi connectivity index (χ2n) is 6.33. The lowest BCUT2D eigenvalue weighted by Crippen LogP contribution is -2.25. The summed E-state index contributed by atoms with van der Waals surface area (Å²) in [5.41, 5.74) is 5.11. The molecule has 5 nitrogen and oxygen atoms in total. The minimum absolute atomic E-state index is 0.138. The average Bonchev–Trinajstić information content (AvgIpc) is 2.82. The maximum atomic E-state index is 12.9. The van der Waals surface area contributed by atoms with Crippen LogP contribution in [0.5, 0.6) is 0 Å². The standard InChI is InChI=1S/C20H22N4OS/c1-13-10-11-14(2)17(12-13)21-20(26)22-18-15(3)23(4)24(19(18)25)16-8-6-5-7-9-16/h5-12H,1-4H3,(H2,21,22,26). The van der Waals surface area contributed by atoms with E-state index in [4.69, 9.17) is 12.2 Å². The van der Waals surface area contributed by atoms with Crippen LogP contribution in [0.15, 0.2) is 53.3 Å². The predicted molar refractivity (Wildman–Crippen MR) is 112 cm³/mol. The van der Waals surface area contributed by atoms with Crippen molar-refractivity contribution < 1.29 is 0 Å². The van der Waals surface area contributed by atoms with E-state index in [9.17, 15) is 4.79 Å². The van der Waals surface area contributed by atoms with Crippen molar-refractivity contribution in [3.05, 3.63) is 75.7 Å². The van der Waals surface area contributed by atoms with Crippen LogP contribution in [0.25, 0.3) is 5.69 Å². The van der Waals surface area contributed by atoms with Crippen molar-refractivity contribution >= 4 is 28.7 Å². The van der Waals surface area contributed by atoms with Crippen molar-refractivity contribution in [2.75, 3.05) is 10.6 Å². The van der Waals surface area contributed by atoms with E-state index in [1.54, 1.807) is 4.68 Å². The van der Waals surface area contributed by atoms with E-state index in [1.807, 2.05) is 75.0 Å². The smallest absolute Gasteiger partial charge is 0.295 e. The summed E-state index contributed by atoms with van der Waals surface area (Å²) >= 11 is 5.43. The van der Waals surface area contributed by atoms with Gasteiger partial charge < -0.3 is 10.6 Å². The normalized spacial score (nSPS) is 10.6. The molecule has 0 saturated heterocycles. The SMILES string of the molecule is Cc1ccc(C)c(NC(=S)Nc2c(C)n(C)n(-c3ccccc3)c2=O)c1. The molecular formula is C20H22N4OS. The molecule has 1 aromatic heterocycles. The van der Waals surface area contributed by atoms with Gasteiger partial charge in [0.05, 0.1) is 11.4 Å². The van der Waals surface area contributed by atoms with E-state index in [2.05, 4.69) is 16.7 Å². The van der Waals surface area contributed by atoms with E-state index in [0.717, 1.165) is 28.2 Å². The van der Waals surface area contributed by atoms with Crippen LogP contribution >= 0.6 is 12.2 Å². The van der Waals surface area contributed by atoms with Crippen molar-refractivity contribution in [1.82, 2.24) is 9.36 Å². The molecule has 26 heavy (non-hydrogen) atoms. The van der Waals surface area contributed by atoms with Crippen molar-refractivity contribution in [3.63, 3.8) is 0 Å². The molecule has 0 aliphatic carbocycles. The topological polar surface area (TPSA) is 51.0 Å². The summed E-state index contributed by atoms with van der Waals surface area (Å²) in [6, 6.07) is 15.7.